The van der Waals surface area contributed by atoms with Crippen LogP contribution in [0.25, 0.3) is 0 Å². The number of rotatable bonds is 5. The van der Waals surface area contributed by atoms with Gasteiger partial charge in [0, 0.05) is 12.5 Å². The zero-order chi connectivity index (χ0) is 13.7. The van der Waals surface area contributed by atoms with E-state index in [1.165, 1.54) is 12.8 Å². The lowest BCUT2D eigenvalue weighted by molar-refractivity contribution is -0.126. The van der Waals surface area contributed by atoms with Gasteiger partial charge >= 0.3 is 0 Å². The van der Waals surface area contributed by atoms with Crippen molar-refractivity contribution in [3.63, 3.8) is 0 Å². The number of aliphatic hydroxyl groups excluding tert-OH is 1. The van der Waals surface area contributed by atoms with Gasteiger partial charge in [-0.3, -0.25) is 4.79 Å². The van der Waals surface area contributed by atoms with Gasteiger partial charge in [0.25, 0.3) is 0 Å². The molecule has 1 saturated carbocycles. The first-order chi connectivity index (χ1) is 8.41. The van der Waals surface area contributed by atoms with Crippen LogP contribution in [0.1, 0.15) is 53.4 Å². The molecule has 1 rings (SSSR count). The molecule has 1 atom stereocenters. The first kappa shape index (κ1) is 15.5. The Balaban J connectivity index is 2.28. The van der Waals surface area contributed by atoms with E-state index < -0.39 is 6.10 Å². The van der Waals surface area contributed by atoms with E-state index in [1.54, 1.807) is 0 Å². The van der Waals surface area contributed by atoms with Gasteiger partial charge in [0.2, 0.25) is 5.91 Å². The predicted molar refractivity (Wildman–Crippen MR) is 74.1 cm³/mol. The van der Waals surface area contributed by atoms with Crippen LogP contribution in [0, 0.1) is 23.7 Å². The molecule has 1 aliphatic rings. The number of carbonyl (C=O) groups excluding carboxylic acids is 1. The molecule has 106 valence electrons. The number of amides is 1. The van der Waals surface area contributed by atoms with Crippen molar-refractivity contribution in [3.05, 3.63) is 0 Å². The van der Waals surface area contributed by atoms with Crippen LogP contribution >= 0.6 is 0 Å². The summed E-state index contributed by atoms with van der Waals surface area (Å²) in [5.41, 5.74) is 0. The molecule has 1 aliphatic carbocycles. The lowest BCUT2D eigenvalue weighted by Crippen LogP contribution is -2.39. The number of aliphatic hydroxyl groups is 1. The molecule has 1 unspecified atom stereocenters. The monoisotopic (exact) mass is 255 g/mol. The van der Waals surface area contributed by atoms with Gasteiger partial charge in [-0.2, -0.15) is 0 Å². The van der Waals surface area contributed by atoms with Crippen molar-refractivity contribution in [3.8, 4) is 0 Å². The molecule has 2 N–H and O–H groups in total. The summed E-state index contributed by atoms with van der Waals surface area (Å²) >= 11 is 0. The number of hydrogen-bond donors (Lipinski definition) is 2. The molecule has 0 spiro atoms. The molecule has 0 saturated heterocycles. The van der Waals surface area contributed by atoms with E-state index >= 15 is 0 Å². The van der Waals surface area contributed by atoms with Crippen LogP contribution in [0.5, 0.6) is 0 Å². The summed E-state index contributed by atoms with van der Waals surface area (Å²) < 4.78 is 0. The molecule has 3 heteroatoms. The second kappa shape index (κ2) is 7.13. The van der Waals surface area contributed by atoms with Crippen molar-refractivity contribution in [1.29, 1.82) is 0 Å². The normalized spacial score (nSPS) is 26.4. The van der Waals surface area contributed by atoms with Gasteiger partial charge in [0.1, 0.15) is 0 Å². The van der Waals surface area contributed by atoms with Crippen LogP contribution in [0.3, 0.4) is 0 Å². The Morgan fingerprint density at radius 1 is 1.17 bits per heavy atom. The van der Waals surface area contributed by atoms with E-state index in [0.29, 0.717) is 6.54 Å². The highest BCUT2D eigenvalue weighted by Crippen LogP contribution is 2.33. The Bertz CT molecular complexity index is 255. The Kier molecular flexibility index (Phi) is 6.13. The summed E-state index contributed by atoms with van der Waals surface area (Å²) in [5.74, 6) is 2.02. The minimum Gasteiger partial charge on any atom is -0.391 e. The summed E-state index contributed by atoms with van der Waals surface area (Å²) in [6.45, 7) is 8.85. The maximum Gasteiger partial charge on any atom is 0.223 e. The zero-order valence-electron chi connectivity index (χ0n) is 12.3. The molecule has 0 heterocycles. The second-order valence-electron chi connectivity index (χ2n) is 6.41. The largest absolute Gasteiger partial charge is 0.391 e. The molecule has 0 aliphatic heterocycles. The van der Waals surface area contributed by atoms with Crippen LogP contribution in [0.2, 0.25) is 0 Å². The number of nitrogens with one attached hydrogen (secondary N) is 1. The molecule has 0 aromatic heterocycles. The molecule has 0 radical (unpaired) electrons. The molecule has 0 aromatic carbocycles. The molecule has 0 aromatic rings. The SMILES string of the molecule is CC(C)C(O)CNC(=O)C1CCC(C(C)C)CC1. The van der Waals surface area contributed by atoms with Gasteiger partial charge < -0.3 is 10.4 Å². The first-order valence-corrected chi connectivity index (χ1v) is 7.37. The molecule has 18 heavy (non-hydrogen) atoms. The summed E-state index contributed by atoms with van der Waals surface area (Å²) in [4.78, 5) is 12.0. The molecule has 3 nitrogen and oxygen atoms in total. The van der Waals surface area contributed by atoms with Crippen molar-refractivity contribution in [2.75, 3.05) is 6.54 Å². The van der Waals surface area contributed by atoms with Gasteiger partial charge in [-0.25, -0.2) is 0 Å². The van der Waals surface area contributed by atoms with Gasteiger partial charge in [-0.15, -0.1) is 0 Å². The van der Waals surface area contributed by atoms with E-state index in [2.05, 4.69) is 19.2 Å². The average molecular weight is 255 g/mol. The Morgan fingerprint density at radius 3 is 2.17 bits per heavy atom. The minimum absolute atomic E-state index is 0.136. The fourth-order valence-electron chi connectivity index (χ4n) is 2.63. The van der Waals surface area contributed by atoms with E-state index in [-0.39, 0.29) is 17.7 Å². The maximum absolute atomic E-state index is 12.0. The third-order valence-electron chi connectivity index (χ3n) is 4.34. The van der Waals surface area contributed by atoms with Gasteiger partial charge in [0.05, 0.1) is 6.10 Å². The van der Waals surface area contributed by atoms with E-state index in [1.807, 2.05) is 13.8 Å². The van der Waals surface area contributed by atoms with Crippen molar-refractivity contribution in [2.24, 2.45) is 23.7 Å². The molecular formula is C15H29NO2. The predicted octanol–water partition coefficient (Wildman–Crippen LogP) is 2.58. The number of hydrogen-bond acceptors (Lipinski definition) is 2. The fourth-order valence-corrected chi connectivity index (χ4v) is 2.63. The fraction of sp³-hybridized carbons (Fsp3) is 0.933. The topological polar surface area (TPSA) is 49.3 Å². The third kappa shape index (κ3) is 4.60. The first-order valence-electron chi connectivity index (χ1n) is 7.37. The highest BCUT2D eigenvalue weighted by molar-refractivity contribution is 5.78. The molecule has 0 bridgehead atoms. The van der Waals surface area contributed by atoms with Crippen molar-refractivity contribution < 1.29 is 9.90 Å². The lowest BCUT2D eigenvalue weighted by Gasteiger charge is -2.30. The van der Waals surface area contributed by atoms with Gasteiger partial charge in [0.15, 0.2) is 0 Å². The highest BCUT2D eigenvalue weighted by Gasteiger charge is 2.27. The van der Waals surface area contributed by atoms with Crippen molar-refractivity contribution >= 4 is 5.91 Å². The quantitative estimate of drug-likeness (QED) is 0.793. The third-order valence-corrected chi connectivity index (χ3v) is 4.34. The van der Waals surface area contributed by atoms with E-state index in [9.17, 15) is 9.90 Å². The highest BCUT2D eigenvalue weighted by atomic mass is 16.3. The molecule has 1 fully saturated rings. The van der Waals surface area contributed by atoms with Crippen LogP contribution in [-0.4, -0.2) is 23.7 Å². The molecular weight excluding hydrogens is 226 g/mol. The van der Waals surface area contributed by atoms with Gasteiger partial charge in [-0.1, -0.05) is 27.7 Å². The standard InChI is InChI=1S/C15H29NO2/c1-10(2)12-5-7-13(8-6-12)15(18)16-9-14(17)11(3)4/h10-14,17H,5-9H2,1-4H3,(H,16,18). The lowest BCUT2D eigenvalue weighted by atomic mass is 9.76. The summed E-state index contributed by atoms with van der Waals surface area (Å²) in [6, 6.07) is 0. The van der Waals surface area contributed by atoms with Crippen LogP contribution in [-0.2, 0) is 4.79 Å². The summed E-state index contributed by atoms with van der Waals surface area (Å²) in [7, 11) is 0. The Morgan fingerprint density at radius 2 is 1.72 bits per heavy atom. The Labute approximate surface area is 111 Å². The Hall–Kier alpha value is -0.570. The van der Waals surface area contributed by atoms with Crippen molar-refractivity contribution in [2.45, 2.75) is 59.5 Å². The summed E-state index contributed by atoms with van der Waals surface area (Å²) in [6.07, 6.45) is 3.92. The van der Waals surface area contributed by atoms with Crippen LogP contribution in [0.15, 0.2) is 0 Å². The van der Waals surface area contributed by atoms with E-state index in [4.69, 9.17) is 0 Å². The average Bonchev–Trinajstić information content (AvgIpc) is 2.35. The molecule has 1 amide bonds. The smallest absolute Gasteiger partial charge is 0.223 e. The number of carbonyl (C=O) groups is 1. The van der Waals surface area contributed by atoms with E-state index in [0.717, 1.165) is 24.7 Å². The van der Waals surface area contributed by atoms with Gasteiger partial charge in [-0.05, 0) is 43.4 Å². The minimum atomic E-state index is -0.430. The second-order valence-corrected chi connectivity index (χ2v) is 6.41. The zero-order valence-corrected chi connectivity index (χ0v) is 12.3. The van der Waals surface area contributed by atoms with Crippen LogP contribution < -0.4 is 5.32 Å². The summed E-state index contributed by atoms with van der Waals surface area (Å²) in [5, 5.41) is 12.6. The maximum atomic E-state index is 12.0. The van der Waals surface area contributed by atoms with Crippen molar-refractivity contribution in [1.82, 2.24) is 5.32 Å². The van der Waals surface area contributed by atoms with Crippen LogP contribution in [0.4, 0.5) is 0 Å².